The van der Waals surface area contributed by atoms with Gasteiger partial charge in [0.05, 0.1) is 12.1 Å². The van der Waals surface area contributed by atoms with Crippen molar-refractivity contribution in [2.45, 2.75) is 0 Å². The van der Waals surface area contributed by atoms with Crippen molar-refractivity contribution in [2.75, 3.05) is 32.5 Å². The summed E-state index contributed by atoms with van der Waals surface area (Å²) in [5.74, 6) is -0.176. The highest BCUT2D eigenvalue weighted by atomic mass is 16.5. The van der Waals surface area contributed by atoms with E-state index in [1.165, 1.54) is 0 Å². The number of benzene rings is 1. The predicted octanol–water partition coefficient (Wildman–Crippen LogP) is 2.09. The van der Waals surface area contributed by atoms with E-state index in [0.29, 0.717) is 36.6 Å². The minimum Gasteiger partial charge on any atom is -0.398 e. The van der Waals surface area contributed by atoms with E-state index in [1.54, 1.807) is 24.2 Å². The van der Waals surface area contributed by atoms with Crippen molar-refractivity contribution in [3.05, 3.63) is 48.7 Å². The molecule has 1 aromatic carbocycles. The Labute approximate surface area is 124 Å². The van der Waals surface area contributed by atoms with Gasteiger partial charge in [-0.05, 0) is 12.1 Å². The first-order valence-corrected chi connectivity index (χ1v) is 6.71. The summed E-state index contributed by atoms with van der Waals surface area (Å²) >= 11 is 0. The molecule has 0 fully saturated rings. The van der Waals surface area contributed by atoms with Gasteiger partial charge in [0.2, 0.25) is 0 Å². The van der Waals surface area contributed by atoms with Crippen LogP contribution in [0.15, 0.2) is 43.0 Å². The van der Waals surface area contributed by atoms with E-state index >= 15 is 0 Å². The van der Waals surface area contributed by atoms with Crippen molar-refractivity contribution in [3.63, 3.8) is 0 Å². The first kappa shape index (κ1) is 15.0. The monoisotopic (exact) mass is 285 g/mol. The average Bonchev–Trinajstić information content (AvgIpc) is 2.50. The Morgan fingerprint density at radius 3 is 2.95 bits per heavy atom. The zero-order valence-electron chi connectivity index (χ0n) is 12.1. The maximum atomic E-state index is 12.5. The third-order valence-electron chi connectivity index (χ3n) is 3.17. The van der Waals surface area contributed by atoms with Gasteiger partial charge in [0, 0.05) is 31.3 Å². The predicted molar refractivity (Wildman–Crippen MR) is 84.1 cm³/mol. The smallest absolute Gasteiger partial charge is 0.272 e. The maximum Gasteiger partial charge on any atom is 0.272 e. The van der Waals surface area contributed by atoms with Crippen LogP contribution in [0.2, 0.25) is 0 Å². The lowest BCUT2D eigenvalue weighted by Crippen LogP contribution is -2.34. The van der Waals surface area contributed by atoms with E-state index in [1.807, 2.05) is 24.3 Å². The van der Waals surface area contributed by atoms with Crippen molar-refractivity contribution in [1.82, 2.24) is 9.88 Å². The summed E-state index contributed by atoms with van der Waals surface area (Å²) in [5.41, 5.74) is 7.61. The molecule has 5 nitrogen and oxygen atoms in total. The number of methoxy groups -OCH3 is 1. The minimum atomic E-state index is -0.176. The molecule has 0 aliphatic rings. The number of carbonyl (C=O) groups is 1. The van der Waals surface area contributed by atoms with Gasteiger partial charge in [-0.1, -0.05) is 24.3 Å². The van der Waals surface area contributed by atoms with Gasteiger partial charge in [0.15, 0.2) is 0 Å². The molecule has 0 saturated heterocycles. The van der Waals surface area contributed by atoms with E-state index in [0.717, 1.165) is 5.39 Å². The topological polar surface area (TPSA) is 68.5 Å². The Bertz CT molecular complexity index is 655. The van der Waals surface area contributed by atoms with Crippen LogP contribution in [0.4, 0.5) is 5.69 Å². The lowest BCUT2D eigenvalue weighted by atomic mass is 10.1. The molecule has 0 bridgehead atoms. The van der Waals surface area contributed by atoms with Crippen LogP contribution in [0.1, 0.15) is 10.5 Å². The Balaban J connectivity index is 2.34. The van der Waals surface area contributed by atoms with Gasteiger partial charge in [0.25, 0.3) is 5.91 Å². The van der Waals surface area contributed by atoms with Crippen LogP contribution in [-0.2, 0) is 4.74 Å². The number of fused-ring (bicyclic) bond motifs is 1. The van der Waals surface area contributed by atoms with Crippen molar-refractivity contribution in [2.24, 2.45) is 0 Å². The fourth-order valence-electron chi connectivity index (χ4n) is 2.11. The van der Waals surface area contributed by atoms with Crippen LogP contribution in [0.3, 0.4) is 0 Å². The summed E-state index contributed by atoms with van der Waals surface area (Å²) < 4.78 is 5.03. The molecule has 2 N–H and O–H groups in total. The van der Waals surface area contributed by atoms with Crippen LogP contribution in [0.5, 0.6) is 0 Å². The highest BCUT2D eigenvalue weighted by molar-refractivity contribution is 5.99. The van der Waals surface area contributed by atoms with Gasteiger partial charge < -0.3 is 15.4 Å². The number of hydrogen-bond acceptors (Lipinski definition) is 4. The van der Waals surface area contributed by atoms with Crippen LogP contribution in [0.25, 0.3) is 10.9 Å². The van der Waals surface area contributed by atoms with Crippen molar-refractivity contribution >= 4 is 22.5 Å². The molecular formula is C16H19N3O2. The minimum absolute atomic E-state index is 0.176. The molecule has 21 heavy (non-hydrogen) atoms. The van der Waals surface area contributed by atoms with Gasteiger partial charge >= 0.3 is 0 Å². The lowest BCUT2D eigenvalue weighted by Gasteiger charge is -2.20. The van der Waals surface area contributed by atoms with Gasteiger partial charge in [0.1, 0.15) is 5.69 Å². The number of nitrogens with two attached hydrogens (primary N) is 1. The largest absolute Gasteiger partial charge is 0.398 e. The second kappa shape index (κ2) is 6.85. The maximum absolute atomic E-state index is 12.5. The van der Waals surface area contributed by atoms with Crippen molar-refractivity contribution < 1.29 is 9.53 Å². The fourth-order valence-corrected chi connectivity index (χ4v) is 2.11. The summed E-state index contributed by atoms with van der Waals surface area (Å²) in [5, 5.41) is 0.848. The van der Waals surface area contributed by atoms with Crippen molar-refractivity contribution in [3.8, 4) is 0 Å². The van der Waals surface area contributed by atoms with Crippen LogP contribution in [0, 0.1) is 0 Å². The number of anilines is 1. The van der Waals surface area contributed by atoms with Gasteiger partial charge in [-0.2, -0.15) is 0 Å². The SMILES string of the molecule is C=CCN(CCOC)C(=O)c1cc(N)c2ccccc2n1. The molecule has 0 saturated carbocycles. The number of pyridine rings is 1. The highest BCUT2D eigenvalue weighted by Crippen LogP contribution is 2.20. The summed E-state index contributed by atoms with van der Waals surface area (Å²) in [4.78, 5) is 18.6. The van der Waals surface area contributed by atoms with E-state index < -0.39 is 0 Å². The molecule has 0 aliphatic carbocycles. The molecule has 5 heteroatoms. The number of nitrogens with zero attached hydrogens (tertiary/aromatic N) is 2. The molecular weight excluding hydrogens is 266 g/mol. The second-order valence-electron chi connectivity index (χ2n) is 4.65. The number of rotatable bonds is 6. The molecule has 0 aliphatic heterocycles. The lowest BCUT2D eigenvalue weighted by molar-refractivity contribution is 0.0713. The number of hydrogen-bond donors (Lipinski definition) is 1. The first-order valence-electron chi connectivity index (χ1n) is 6.71. The summed E-state index contributed by atoms with van der Waals surface area (Å²) in [6.07, 6.45) is 1.68. The molecule has 2 rings (SSSR count). The zero-order valence-corrected chi connectivity index (χ0v) is 12.1. The number of carbonyl (C=O) groups excluding carboxylic acids is 1. The molecule has 2 aromatic rings. The number of para-hydroxylation sites is 1. The quantitative estimate of drug-likeness (QED) is 0.825. The Hall–Kier alpha value is -2.40. The van der Waals surface area contributed by atoms with E-state index in [9.17, 15) is 4.79 Å². The number of ether oxygens (including phenoxy) is 1. The molecule has 1 heterocycles. The van der Waals surface area contributed by atoms with Crippen LogP contribution in [-0.4, -0.2) is 42.6 Å². The Kier molecular flexibility index (Phi) is 4.90. The Morgan fingerprint density at radius 1 is 1.48 bits per heavy atom. The van der Waals surface area contributed by atoms with Gasteiger partial charge in [-0.25, -0.2) is 4.98 Å². The van der Waals surface area contributed by atoms with Crippen LogP contribution >= 0.6 is 0 Å². The first-order chi connectivity index (χ1) is 10.2. The number of aromatic nitrogens is 1. The van der Waals surface area contributed by atoms with Gasteiger partial charge in [-0.3, -0.25) is 4.79 Å². The molecule has 0 unspecified atom stereocenters. The van der Waals surface area contributed by atoms with Crippen LogP contribution < -0.4 is 5.73 Å². The molecule has 1 aromatic heterocycles. The average molecular weight is 285 g/mol. The van der Waals surface area contributed by atoms with E-state index in [4.69, 9.17) is 10.5 Å². The summed E-state index contributed by atoms with van der Waals surface area (Å²) in [7, 11) is 1.60. The number of nitrogen functional groups attached to an aromatic ring is 1. The normalized spacial score (nSPS) is 10.5. The standard InChI is InChI=1S/C16H19N3O2/c1-3-8-19(9-10-21-2)16(20)15-11-13(17)12-6-4-5-7-14(12)18-15/h3-7,11H,1,8-10H2,2H3,(H2,17,18). The summed E-state index contributed by atoms with van der Waals surface area (Å²) in [6.45, 7) is 5.06. The Morgan fingerprint density at radius 2 is 2.24 bits per heavy atom. The van der Waals surface area contributed by atoms with E-state index in [-0.39, 0.29) is 5.91 Å². The third-order valence-corrected chi connectivity index (χ3v) is 3.17. The third kappa shape index (κ3) is 3.38. The molecule has 0 radical (unpaired) electrons. The second-order valence-corrected chi connectivity index (χ2v) is 4.65. The van der Waals surface area contributed by atoms with Gasteiger partial charge in [-0.15, -0.1) is 6.58 Å². The van der Waals surface area contributed by atoms with Crippen molar-refractivity contribution in [1.29, 1.82) is 0 Å². The highest BCUT2D eigenvalue weighted by Gasteiger charge is 2.17. The molecule has 110 valence electrons. The molecule has 1 amide bonds. The zero-order chi connectivity index (χ0) is 15.2. The fraction of sp³-hybridized carbons (Fsp3) is 0.250. The summed E-state index contributed by atoms with van der Waals surface area (Å²) in [6, 6.07) is 9.11. The number of amides is 1. The molecule has 0 atom stereocenters. The van der Waals surface area contributed by atoms with E-state index in [2.05, 4.69) is 11.6 Å². The molecule has 0 spiro atoms.